The molecular formula is C52H36N2. The summed E-state index contributed by atoms with van der Waals surface area (Å²) in [6, 6.07) is 78.8. The zero-order valence-corrected chi connectivity index (χ0v) is 29.7. The summed E-state index contributed by atoms with van der Waals surface area (Å²) in [5.41, 5.74) is 14.1. The molecule has 0 atom stereocenters. The van der Waals surface area contributed by atoms with Crippen molar-refractivity contribution in [1.29, 1.82) is 0 Å². The molecular weight excluding hydrogens is 653 g/mol. The Balaban J connectivity index is 1.15. The molecule has 0 bridgehead atoms. The first-order valence-electron chi connectivity index (χ1n) is 18.5. The summed E-state index contributed by atoms with van der Waals surface area (Å²) >= 11 is 0. The number of hydrogen-bond acceptors (Lipinski definition) is 1. The standard InChI is InChI=1S/C52H36N2/c1-4-14-37(15-5-1)39-26-31-44(32-27-39)53(45-33-28-40(29-34-45)38-16-6-2-7-17-38)46-22-12-19-42(36-46)47-24-13-25-50-51(47)49-35-30-41-18-10-11-23-48(41)52(49)54(50)43-20-8-3-9-21-43/h1-36H. The highest BCUT2D eigenvalue weighted by atomic mass is 15.1. The summed E-state index contributed by atoms with van der Waals surface area (Å²) < 4.78 is 2.44. The van der Waals surface area contributed by atoms with E-state index in [2.05, 4.69) is 228 Å². The van der Waals surface area contributed by atoms with Crippen molar-refractivity contribution in [2.45, 2.75) is 0 Å². The summed E-state index contributed by atoms with van der Waals surface area (Å²) in [5.74, 6) is 0. The van der Waals surface area contributed by atoms with Crippen LogP contribution in [0.2, 0.25) is 0 Å². The number of anilines is 3. The predicted octanol–water partition coefficient (Wildman–Crippen LogP) is 14.4. The maximum Gasteiger partial charge on any atom is 0.0619 e. The van der Waals surface area contributed by atoms with E-state index in [4.69, 9.17) is 0 Å². The van der Waals surface area contributed by atoms with Gasteiger partial charge in [0.25, 0.3) is 0 Å². The molecule has 1 aromatic heterocycles. The maximum atomic E-state index is 2.44. The molecule has 2 nitrogen and oxygen atoms in total. The fraction of sp³-hybridized carbons (Fsp3) is 0. The fourth-order valence-corrected chi connectivity index (χ4v) is 8.04. The first-order chi connectivity index (χ1) is 26.8. The monoisotopic (exact) mass is 688 g/mol. The molecule has 0 aliphatic heterocycles. The molecule has 0 aliphatic rings. The van der Waals surface area contributed by atoms with Crippen molar-refractivity contribution < 1.29 is 0 Å². The Morgan fingerprint density at radius 2 is 0.870 bits per heavy atom. The van der Waals surface area contributed by atoms with Gasteiger partial charge in [0, 0.05) is 38.9 Å². The molecule has 0 fully saturated rings. The predicted molar refractivity (Wildman–Crippen MR) is 229 cm³/mol. The Morgan fingerprint density at radius 1 is 0.333 bits per heavy atom. The van der Waals surface area contributed by atoms with E-state index < -0.39 is 0 Å². The Morgan fingerprint density at radius 3 is 1.52 bits per heavy atom. The molecule has 0 unspecified atom stereocenters. The van der Waals surface area contributed by atoms with Crippen LogP contribution in [0.25, 0.3) is 71.6 Å². The van der Waals surface area contributed by atoms with Crippen molar-refractivity contribution in [3.05, 3.63) is 218 Å². The summed E-state index contributed by atoms with van der Waals surface area (Å²) in [5, 5.41) is 4.99. The molecule has 0 N–H and O–H groups in total. The smallest absolute Gasteiger partial charge is 0.0619 e. The van der Waals surface area contributed by atoms with Crippen LogP contribution in [0, 0.1) is 0 Å². The third kappa shape index (κ3) is 5.53. The van der Waals surface area contributed by atoms with E-state index in [1.54, 1.807) is 0 Å². The van der Waals surface area contributed by atoms with Gasteiger partial charge in [0.1, 0.15) is 0 Å². The molecule has 0 saturated heterocycles. The highest BCUT2D eigenvalue weighted by molar-refractivity contribution is 6.22. The second kappa shape index (κ2) is 13.4. The van der Waals surface area contributed by atoms with E-state index in [0.29, 0.717) is 0 Å². The largest absolute Gasteiger partial charge is 0.310 e. The first-order valence-corrected chi connectivity index (χ1v) is 18.5. The van der Waals surface area contributed by atoms with Gasteiger partial charge in [0.05, 0.1) is 11.0 Å². The lowest BCUT2D eigenvalue weighted by atomic mass is 9.97. The van der Waals surface area contributed by atoms with Gasteiger partial charge in [-0.05, 0) is 93.4 Å². The van der Waals surface area contributed by atoms with Gasteiger partial charge in [-0.15, -0.1) is 0 Å². The minimum atomic E-state index is 1.10. The molecule has 0 radical (unpaired) electrons. The molecule has 10 rings (SSSR count). The summed E-state index contributed by atoms with van der Waals surface area (Å²) in [7, 11) is 0. The minimum Gasteiger partial charge on any atom is -0.310 e. The second-order valence-electron chi connectivity index (χ2n) is 13.8. The average Bonchev–Trinajstić information content (AvgIpc) is 3.61. The molecule has 0 amide bonds. The van der Waals surface area contributed by atoms with Gasteiger partial charge in [-0.1, -0.05) is 164 Å². The number of nitrogens with zero attached hydrogens (tertiary/aromatic N) is 2. The van der Waals surface area contributed by atoms with E-state index in [1.165, 1.54) is 66.0 Å². The summed E-state index contributed by atoms with van der Waals surface area (Å²) in [4.78, 5) is 2.37. The highest BCUT2D eigenvalue weighted by Gasteiger charge is 2.20. The van der Waals surface area contributed by atoms with Crippen LogP contribution in [0.3, 0.4) is 0 Å². The van der Waals surface area contributed by atoms with E-state index >= 15 is 0 Å². The molecule has 0 spiro atoms. The quantitative estimate of drug-likeness (QED) is 0.162. The number of fused-ring (bicyclic) bond motifs is 5. The van der Waals surface area contributed by atoms with Gasteiger partial charge < -0.3 is 9.47 Å². The zero-order valence-electron chi connectivity index (χ0n) is 29.7. The van der Waals surface area contributed by atoms with Crippen LogP contribution >= 0.6 is 0 Å². The van der Waals surface area contributed by atoms with Crippen molar-refractivity contribution in [2.24, 2.45) is 0 Å². The molecule has 2 heteroatoms. The molecule has 0 aliphatic carbocycles. The van der Waals surface area contributed by atoms with Crippen LogP contribution in [0.15, 0.2) is 218 Å². The van der Waals surface area contributed by atoms with Crippen molar-refractivity contribution >= 4 is 49.6 Å². The van der Waals surface area contributed by atoms with Crippen molar-refractivity contribution in [2.75, 3.05) is 4.90 Å². The van der Waals surface area contributed by atoms with Crippen LogP contribution in [0.1, 0.15) is 0 Å². The maximum absolute atomic E-state index is 2.44. The van der Waals surface area contributed by atoms with E-state index in [-0.39, 0.29) is 0 Å². The summed E-state index contributed by atoms with van der Waals surface area (Å²) in [6.07, 6.45) is 0. The Hall–Kier alpha value is -7.16. The van der Waals surface area contributed by atoms with Crippen LogP contribution in [0.5, 0.6) is 0 Å². The molecule has 254 valence electrons. The lowest BCUT2D eigenvalue weighted by Crippen LogP contribution is -2.10. The lowest BCUT2D eigenvalue weighted by molar-refractivity contribution is 1.19. The van der Waals surface area contributed by atoms with Crippen molar-refractivity contribution in [3.63, 3.8) is 0 Å². The normalized spacial score (nSPS) is 11.3. The number of para-hydroxylation sites is 1. The fourth-order valence-electron chi connectivity index (χ4n) is 8.04. The zero-order chi connectivity index (χ0) is 35.8. The van der Waals surface area contributed by atoms with E-state index in [9.17, 15) is 0 Å². The average molecular weight is 689 g/mol. The Kier molecular flexibility index (Phi) is 7.85. The number of aromatic nitrogens is 1. The Labute approximate surface area is 315 Å². The van der Waals surface area contributed by atoms with E-state index in [0.717, 1.165) is 22.7 Å². The van der Waals surface area contributed by atoms with Crippen molar-refractivity contribution in [3.8, 4) is 39.1 Å². The molecule has 1 heterocycles. The molecule has 54 heavy (non-hydrogen) atoms. The van der Waals surface area contributed by atoms with E-state index in [1.807, 2.05) is 0 Å². The topological polar surface area (TPSA) is 8.17 Å². The second-order valence-corrected chi connectivity index (χ2v) is 13.8. The number of benzene rings is 9. The first kappa shape index (κ1) is 31.6. The molecule has 0 saturated carbocycles. The van der Waals surface area contributed by atoms with Crippen LogP contribution in [-0.4, -0.2) is 4.57 Å². The minimum absolute atomic E-state index is 1.10. The Bertz CT molecular complexity index is 2810. The van der Waals surface area contributed by atoms with Crippen LogP contribution in [-0.2, 0) is 0 Å². The van der Waals surface area contributed by atoms with Gasteiger partial charge in [-0.25, -0.2) is 0 Å². The highest BCUT2D eigenvalue weighted by Crippen LogP contribution is 2.43. The third-order valence-corrected chi connectivity index (χ3v) is 10.6. The lowest BCUT2D eigenvalue weighted by Gasteiger charge is -2.26. The molecule has 10 aromatic rings. The summed E-state index contributed by atoms with van der Waals surface area (Å²) in [6.45, 7) is 0. The van der Waals surface area contributed by atoms with Crippen LogP contribution in [0.4, 0.5) is 17.1 Å². The number of rotatable bonds is 7. The van der Waals surface area contributed by atoms with Gasteiger partial charge >= 0.3 is 0 Å². The number of hydrogen-bond donors (Lipinski definition) is 0. The van der Waals surface area contributed by atoms with Gasteiger partial charge in [-0.3, -0.25) is 0 Å². The van der Waals surface area contributed by atoms with Crippen LogP contribution < -0.4 is 4.90 Å². The molecule has 9 aromatic carbocycles. The van der Waals surface area contributed by atoms with Gasteiger partial charge in [0.2, 0.25) is 0 Å². The SMILES string of the molecule is c1ccc(-c2ccc(N(c3ccc(-c4ccccc4)cc3)c3cccc(-c4cccc5c4c4ccc6ccccc6c4n5-c4ccccc4)c3)cc2)cc1. The van der Waals surface area contributed by atoms with Gasteiger partial charge in [-0.2, -0.15) is 0 Å². The van der Waals surface area contributed by atoms with Crippen molar-refractivity contribution in [1.82, 2.24) is 4.57 Å². The van der Waals surface area contributed by atoms with Gasteiger partial charge in [0.15, 0.2) is 0 Å². The third-order valence-electron chi connectivity index (χ3n) is 10.6.